The highest BCUT2D eigenvalue weighted by Crippen LogP contribution is 2.36. The number of allylic oxidation sites excluding steroid dienone is 1. The van der Waals surface area contributed by atoms with Crippen molar-refractivity contribution in [2.45, 2.75) is 70.0 Å². The fourth-order valence-electron chi connectivity index (χ4n) is 6.22. The second-order valence-corrected chi connectivity index (χ2v) is 14.3. The molecule has 13 heteroatoms. The molecule has 2 fully saturated rings. The fourth-order valence-corrected chi connectivity index (χ4v) is 7.87. The second kappa shape index (κ2) is 14.5. The van der Waals surface area contributed by atoms with Gasteiger partial charge in [-0.3, -0.25) is 4.79 Å². The van der Waals surface area contributed by atoms with Crippen LogP contribution in [0.4, 0.5) is 10.5 Å². The van der Waals surface area contributed by atoms with Crippen molar-refractivity contribution in [3.8, 4) is 0 Å². The SMILES string of the molecule is CCN/C(C)=C1/C(=O)Nc2ccc(S(=O)(=O)N(CC(C)C)CC(O)C(Cc3ccccc3)NC(=O)OC3COC4OCCC34)cc21. The van der Waals surface area contributed by atoms with Gasteiger partial charge in [0, 0.05) is 36.6 Å². The van der Waals surface area contributed by atoms with Crippen molar-refractivity contribution in [3.05, 3.63) is 65.4 Å². The summed E-state index contributed by atoms with van der Waals surface area (Å²) in [5.74, 6) is -0.426. The Morgan fingerprint density at radius 2 is 1.91 bits per heavy atom. The van der Waals surface area contributed by atoms with Gasteiger partial charge in [-0.1, -0.05) is 44.2 Å². The average molecular weight is 657 g/mol. The summed E-state index contributed by atoms with van der Waals surface area (Å²) in [5, 5.41) is 20.3. The van der Waals surface area contributed by atoms with Crippen molar-refractivity contribution in [1.29, 1.82) is 0 Å². The zero-order chi connectivity index (χ0) is 33.0. The molecule has 2 aromatic rings. The van der Waals surface area contributed by atoms with E-state index in [-0.39, 0.29) is 55.0 Å². The van der Waals surface area contributed by atoms with Gasteiger partial charge in [-0.15, -0.1) is 0 Å². The molecule has 5 atom stereocenters. The van der Waals surface area contributed by atoms with Gasteiger partial charge in [-0.2, -0.15) is 4.31 Å². The molecular formula is C33H44N4O8S. The zero-order valence-corrected chi connectivity index (χ0v) is 27.5. The van der Waals surface area contributed by atoms with Crippen molar-refractivity contribution in [2.75, 3.05) is 38.2 Å². The van der Waals surface area contributed by atoms with Gasteiger partial charge >= 0.3 is 6.09 Å². The summed E-state index contributed by atoms with van der Waals surface area (Å²) in [4.78, 5) is 25.9. The number of sulfonamides is 1. The standard InChI is InChI=1S/C33H44N4O8S/c1-5-34-21(4)30-25-16-23(11-12-26(25)35-31(30)39)46(41,42)37(17-20(2)3)18-28(38)27(15-22-9-7-6-8-10-22)36-33(40)45-29-19-44-32-24(29)13-14-43-32/h6-12,16,20,24,27-29,32,34,38H,5,13-15,17-19H2,1-4H3,(H,35,39)(H,36,40)/b30-21+. The Labute approximate surface area is 270 Å². The van der Waals surface area contributed by atoms with Crippen LogP contribution >= 0.6 is 0 Å². The van der Waals surface area contributed by atoms with E-state index >= 15 is 0 Å². The number of fused-ring (bicyclic) bond motifs is 2. The normalized spacial score (nSPS) is 23.1. The Bertz CT molecular complexity index is 1550. The Morgan fingerprint density at radius 1 is 1.15 bits per heavy atom. The van der Waals surface area contributed by atoms with Crippen LogP contribution in [0.25, 0.3) is 5.57 Å². The number of carbonyl (C=O) groups is 2. The van der Waals surface area contributed by atoms with Crippen LogP contribution < -0.4 is 16.0 Å². The van der Waals surface area contributed by atoms with Crippen molar-refractivity contribution in [2.24, 2.45) is 11.8 Å². The molecule has 3 aliphatic rings. The number of hydrogen-bond donors (Lipinski definition) is 4. The highest BCUT2D eigenvalue weighted by Gasteiger charge is 2.44. The monoisotopic (exact) mass is 656 g/mol. The van der Waals surface area contributed by atoms with Gasteiger partial charge in [0.2, 0.25) is 10.0 Å². The molecule has 0 aromatic heterocycles. The predicted octanol–water partition coefficient (Wildman–Crippen LogP) is 3.09. The highest BCUT2D eigenvalue weighted by molar-refractivity contribution is 7.89. The molecule has 3 heterocycles. The molecule has 250 valence electrons. The molecule has 0 bridgehead atoms. The van der Waals surface area contributed by atoms with Crippen LogP contribution in [0.1, 0.15) is 45.2 Å². The molecule has 5 rings (SSSR count). The minimum absolute atomic E-state index is 0.000975. The molecule has 3 aliphatic heterocycles. The van der Waals surface area contributed by atoms with Gasteiger partial charge in [0.1, 0.15) is 6.10 Å². The minimum Gasteiger partial charge on any atom is -0.443 e. The number of benzene rings is 2. The first-order valence-electron chi connectivity index (χ1n) is 15.8. The van der Waals surface area contributed by atoms with Crippen LogP contribution in [-0.4, -0.2) is 87.2 Å². The van der Waals surface area contributed by atoms with E-state index in [1.54, 1.807) is 13.0 Å². The third kappa shape index (κ3) is 7.55. The number of amides is 2. The lowest BCUT2D eigenvalue weighted by molar-refractivity contribution is -0.110. The molecule has 0 spiro atoms. The lowest BCUT2D eigenvalue weighted by Crippen LogP contribution is -2.51. The Kier molecular flexibility index (Phi) is 10.7. The first-order valence-corrected chi connectivity index (χ1v) is 17.2. The molecular weight excluding hydrogens is 612 g/mol. The summed E-state index contributed by atoms with van der Waals surface area (Å²) in [6.07, 6.45) is -1.90. The van der Waals surface area contributed by atoms with Crippen LogP contribution in [0.5, 0.6) is 0 Å². The maximum absolute atomic E-state index is 14.2. The molecule has 5 unspecified atom stereocenters. The first kappa shape index (κ1) is 33.9. The highest BCUT2D eigenvalue weighted by atomic mass is 32.2. The Hall–Kier alpha value is -3.49. The Balaban J connectivity index is 1.38. The molecule has 2 saturated heterocycles. The summed E-state index contributed by atoms with van der Waals surface area (Å²) in [6, 6.07) is 13.0. The molecule has 2 aromatic carbocycles. The number of alkyl carbamates (subject to hydrolysis) is 1. The van der Waals surface area contributed by atoms with Crippen LogP contribution in [0.15, 0.2) is 59.1 Å². The van der Waals surface area contributed by atoms with Crippen molar-refractivity contribution in [1.82, 2.24) is 14.9 Å². The van der Waals surface area contributed by atoms with E-state index in [9.17, 15) is 23.1 Å². The fraction of sp³-hybridized carbons (Fsp3) is 0.515. The topological polar surface area (TPSA) is 156 Å². The quantitative estimate of drug-likeness (QED) is 0.238. The number of hydrogen-bond acceptors (Lipinski definition) is 9. The summed E-state index contributed by atoms with van der Waals surface area (Å²) in [5.41, 5.74) is 2.90. The zero-order valence-electron chi connectivity index (χ0n) is 26.7. The smallest absolute Gasteiger partial charge is 0.407 e. The number of nitrogens with one attached hydrogen (secondary N) is 3. The van der Waals surface area contributed by atoms with Crippen LogP contribution in [0.2, 0.25) is 0 Å². The van der Waals surface area contributed by atoms with E-state index in [1.807, 2.05) is 51.1 Å². The van der Waals surface area contributed by atoms with Gasteiger partial charge < -0.3 is 35.3 Å². The summed E-state index contributed by atoms with van der Waals surface area (Å²) in [6.45, 7) is 8.68. The van der Waals surface area contributed by atoms with Gasteiger partial charge in [0.25, 0.3) is 5.91 Å². The maximum Gasteiger partial charge on any atom is 0.407 e. The first-order chi connectivity index (χ1) is 22.0. The number of aliphatic hydroxyl groups excluding tert-OH is 1. The average Bonchev–Trinajstić information content (AvgIpc) is 3.71. The van der Waals surface area contributed by atoms with E-state index < -0.39 is 34.4 Å². The van der Waals surface area contributed by atoms with Gasteiger partial charge in [0.05, 0.1) is 41.7 Å². The number of aliphatic hydroxyl groups is 1. The molecule has 0 radical (unpaired) electrons. The number of anilines is 1. The van der Waals surface area contributed by atoms with Gasteiger partial charge in [0.15, 0.2) is 6.29 Å². The van der Waals surface area contributed by atoms with E-state index in [0.29, 0.717) is 35.7 Å². The van der Waals surface area contributed by atoms with Gasteiger partial charge in [-0.25, -0.2) is 13.2 Å². The van der Waals surface area contributed by atoms with Crippen molar-refractivity contribution < 1.29 is 37.3 Å². The van der Waals surface area contributed by atoms with Crippen LogP contribution in [-0.2, 0) is 35.4 Å². The third-order valence-electron chi connectivity index (χ3n) is 8.46. The minimum atomic E-state index is -4.14. The van der Waals surface area contributed by atoms with Gasteiger partial charge in [-0.05, 0) is 56.4 Å². The largest absolute Gasteiger partial charge is 0.443 e. The summed E-state index contributed by atoms with van der Waals surface area (Å²) >= 11 is 0. The van der Waals surface area contributed by atoms with Crippen LogP contribution in [0.3, 0.4) is 0 Å². The van der Waals surface area contributed by atoms with Crippen molar-refractivity contribution in [3.63, 3.8) is 0 Å². The molecule has 12 nitrogen and oxygen atoms in total. The molecule has 4 N–H and O–H groups in total. The lowest BCUT2D eigenvalue weighted by atomic mass is 10.0. The molecule has 0 aliphatic carbocycles. The predicted molar refractivity (Wildman–Crippen MR) is 172 cm³/mol. The van der Waals surface area contributed by atoms with E-state index in [4.69, 9.17) is 14.2 Å². The third-order valence-corrected chi connectivity index (χ3v) is 10.3. The van der Waals surface area contributed by atoms with Crippen molar-refractivity contribution >= 4 is 33.3 Å². The number of carbonyl (C=O) groups excluding carboxylic acids is 2. The van der Waals surface area contributed by atoms with E-state index in [1.165, 1.54) is 16.4 Å². The maximum atomic E-state index is 14.2. The molecule has 2 amide bonds. The number of rotatable bonds is 13. The Morgan fingerprint density at radius 3 is 2.63 bits per heavy atom. The number of nitrogens with zero attached hydrogens (tertiary/aromatic N) is 1. The summed E-state index contributed by atoms with van der Waals surface area (Å²) < 4.78 is 46.4. The second-order valence-electron chi connectivity index (χ2n) is 12.4. The van der Waals surface area contributed by atoms with E-state index in [2.05, 4.69) is 16.0 Å². The van der Waals surface area contributed by atoms with Crippen LogP contribution in [0, 0.1) is 11.8 Å². The number of ether oxygens (including phenoxy) is 3. The molecule has 46 heavy (non-hydrogen) atoms. The lowest BCUT2D eigenvalue weighted by Gasteiger charge is -2.31. The van der Waals surface area contributed by atoms with E-state index in [0.717, 1.165) is 12.0 Å². The molecule has 0 saturated carbocycles. The summed E-state index contributed by atoms with van der Waals surface area (Å²) in [7, 11) is -4.14.